The summed E-state index contributed by atoms with van der Waals surface area (Å²) in [4.78, 5) is 16.7. The van der Waals surface area contributed by atoms with Crippen LogP contribution in [0.25, 0.3) is 5.65 Å². The van der Waals surface area contributed by atoms with E-state index in [1.165, 1.54) is 11.8 Å². The number of hydrogen-bond donors (Lipinski definition) is 0. The van der Waals surface area contributed by atoms with Gasteiger partial charge < -0.3 is 4.57 Å². The number of thioether (sulfide) groups is 1. The third-order valence-corrected chi connectivity index (χ3v) is 4.42. The highest BCUT2D eigenvalue weighted by atomic mass is 32.2. The van der Waals surface area contributed by atoms with Crippen LogP contribution in [-0.4, -0.2) is 24.1 Å². The minimum absolute atomic E-state index is 0.0713. The first-order chi connectivity index (χ1) is 11.1. The van der Waals surface area contributed by atoms with E-state index in [1.54, 1.807) is 16.7 Å². The molecule has 6 nitrogen and oxygen atoms in total. The fraction of sp³-hybridized carbons (Fsp3) is 0.250. The van der Waals surface area contributed by atoms with Gasteiger partial charge in [-0.15, -0.1) is 16.8 Å². The molecular weight excluding hydrogens is 310 g/mol. The predicted molar refractivity (Wildman–Crippen MR) is 90.7 cm³/mol. The van der Waals surface area contributed by atoms with Crippen LogP contribution in [0.1, 0.15) is 17.1 Å². The summed E-state index contributed by atoms with van der Waals surface area (Å²) in [5.74, 6) is 1.41. The quantitative estimate of drug-likeness (QED) is 0.532. The molecule has 3 aromatic rings. The number of allylic oxidation sites excluding steroid dienone is 1. The largest absolute Gasteiger partial charge is 0.302 e. The molecule has 23 heavy (non-hydrogen) atoms. The smallest absolute Gasteiger partial charge is 0.258 e. The molecule has 3 rings (SSSR count). The molecule has 0 saturated heterocycles. The molecule has 0 spiro atoms. The number of aryl methyl sites for hydroxylation is 2. The van der Waals surface area contributed by atoms with E-state index >= 15 is 0 Å². The Bertz CT molecular complexity index is 928. The number of nitrogens with zero attached hydrogens (tertiary/aromatic N) is 5. The highest BCUT2D eigenvalue weighted by Gasteiger charge is 2.10. The van der Waals surface area contributed by atoms with Crippen molar-refractivity contribution in [1.82, 2.24) is 24.1 Å². The first-order valence-corrected chi connectivity index (χ1v) is 8.19. The van der Waals surface area contributed by atoms with Crippen LogP contribution >= 0.6 is 11.8 Å². The lowest BCUT2D eigenvalue weighted by Gasteiger charge is -2.06. The Morgan fingerprint density at radius 2 is 2.13 bits per heavy atom. The van der Waals surface area contributed by atoms with E-state index in [0.717, 1.165) is 22.2 Å². The van der Waals surface area contributed by atoms with Crippen LogP contribution in [0.2, 0.25) is 0 Å². The molecule has 0 atom stereocenters. The Morgan fingerprint density at radius 1 is 1.30 bits per heavy atom. The highest BCUT2D eigenvalue weighted by Crippen LogP contribution is 2.20. The third kappa shape index (κ3) is 3.19. The average molecular weight is 327 g/mol. The summed E-state index contributed by atoms with van der Waals surface area (Å²) >= 11 is 1.51. The number of hydrogen-bond acceptors (Lipinski definition) is 5. The van der Waals surface area contributed by atoms with E-state index in [2.05, 4.69) is 21.8 Å². The van der Waals surface area contributed by atoms with E-state index < -0.39 is 0 Å². The summed E-state index contributed by atoms with van der Waals surface area (Å²) in [6.45, 7) is 8.26. The van der Waals surface area contributed by atoms with Gasteiger partial charge in [0.25, 0.3) is 5.56 Å². The van der Waals surface area contributed by atoms with Crippen LogP contribution in [0.5, 0.6) is 0 Å². The first-order valence-electron chi connectivity index (χ1n) is 7.21. The molecule has 0 N–H and O–H groups in total. The maximum Gasteiger partial charge on any atom is 0.258 e. The Hall–Kier alpha value is -2.41. The second-order valence-electron chi connectivity index (χ2n) is 5.24. The minimum atomic E-state index is -0.0713. The molecule has 0 unspecified atom stereocenters. The molecule has 0 aliphatic carbocycles. The molecule has 0 saturated carbocycles. The van der Waals surface area contributed by atoms with Gasteiger partial charge in [-0.1, -0.05) is 23.9 Å². The van der Waals surface area contributed by atoms with Gasteiger partial charge in [-0.25, -0.2) is 4.98 Å². The molecule has 0 aliphatic heterocycles. The maximum absolute atomic E-state index is 12.2. The zero-order valence-electron chi connectivity index (χ0n) is 13.1. The van der Waals surface area contributed by atoms with Gasteiger partial charge in [-0.3, -0.25) is 9.20 Å². The summed E-state index contributed by atoms with van der Waals surface area (Å²) in [6, 6.07) is 5.37. The fourth-order valence-electron chi connectivity index (χ4n) is 2.28. The van der Waals surface area contributed by atoms with Crippen molar-refractivity contribution in [3.05, 3.63) is 64.5 Å². The number of fused-ring (bicyclic) bond motifs is 1. The summed E-state index contributed by atoms with van der Waals surface area (Å²) < 4.78 is 3.54. The van der Waals surface area contributed by atoms with Gasteiger partial charge in [0, 0.05) is 24.6 Å². The van der Waals surface area contributed by atoms with E-state index in [1.807, 2.05) is 36.6 Å². The topological polar surface area (TPSA) is 65.1 Å². The van der Waals surface area contributed by atoms with Crippen LogP contribution < -0.4 is 5.56 Å². The Kier molecular flexibility index (Phi) is 4.29. The fourth-order valence-corrected chi connectivity index (χ4v) is 3.16. The van der Waals surface area contributed by atoms with Crippen LogP contribution in [0, 0.1) is 13.8 Å². The van der Waals surface area contributed by atoms with Crippen LogP contribution in [-0.2, 0) is 12.3 Å². The molecule has 0 aliphatic rings. The predicted octanol–water partition coefficient (Wildman–Crippen LogP) is 2.38. The van der Waals surface area contributed by atoms with Crippen molar-refractivity contribution in [2.75, 3.05) is 0 Å². The first kappa shape index (κ1) is 15.5. The SMILES string of the molecule is C=CCn1c(C)nnc1SCc1cc(=O)n2cc(C)ccc2n1. The van der Waals surface area contributed by atoms with Crippen molar-refractivity contribution < 1.29 is 0 Å². The number of rotatable bonds is 5. The Morgan fingerprint density at radius 3 is 2.91 bits per heavy atom. The lowest BCUT2D eigenvalue weighted by Crippen LogP contribution is -2.15. The van der Waals surface area contributed by atoms with E-state index in [0.29, 0.717) is 17.9 Å². The molecular formula is C16H17N5OS. The maximum atomic E-state index is 12.2. The van der Waals surface area contributed by atoms with Crippen LogP contribution in [0.15, 0.2) is 47.0 Å². The zero-order chi connectivity index (χ0) is 16.4. The second-order valence-corrected chi connectivity index (χ2v) is 6.18. The van der Waals surface area contributed by atoms with Gasteiger partial charge >= 0.3 is 0 Å². The Labute approximate surface area is 137 Å². The van der Waals surface area contributed by atoms with Crippen LogP contribution in [0.3, 0.4) is 0 Å². The molecule has 0 radical (unpaired) electrons. The monoisotopic (exact) mass is 327 g/mol. The molecule has 0 bridgehead atoms. The Balaban J connectivity index is 1.86. The molecule has 118 valence electrons. The molecule has 0 aromatic carbocycles. The van der Waals surface area contributed by atoms with Crippen LogP contribution in [0.4, 0.5) is 0 Å². The van der Waals surface area contributed by atoms with Gasteiger partial charge in [0.2, 0.25) is 0 Å². The molecule has 0 fully saturated rings. The van der Waals surface area contributed by atoms with Crippen molar-refractivity contribution >= 4 is 17.4 Å². The third-order valence-electron chi connectivity index (χ3n) is 3.42. The van der Waals surface area contributed by atoms with E-state index in [9.17, 15) is 4.79 Å². The van der Waals surface area contributed by atoms with Gasteiger partial charge in [0.05, 0.1) is 5.69 Å². The average Bonchev–Trinajstić information content (AvgIpc) is 2.87. The summed E-state index contributed by atoms with van der Waals surface area (Å²) in [5.41, 5.74) is 2.34. The number of pyridine rings is 1. The summed E-state index contributed by atoms with van der Waals surface area (Å²) in [7, 11) is 0. The standard InChI is InChI=1S/C16H17N5OS/c1-4-7-20-12(3)18-19-16(20)23-10-13-8-15(22)21-9-11(2)5-6-14(21)17-13/h4-6,8-9H,1,7,10H2,2-3H3. The van der Waals surface area contributed by atoms with Gasteiger partial charge in [-0.2, -0.15) is 0 Å². The lowest BCUT2D eigenvalue weighted by molar-refractivity contribution is 0.703. The van der Waals surface area contributed by atoms with Crippen molar-refractivity contribution in [3.8, 4) is 0 Å². The van der Waals surface area contributed by atoms with Crippen molar-refractivity contribution in [2.45, 2.75) is 31.3 Å². The molecule has 3 aromatic heterocycles. The van der Waals surface area contributed by atoms with Crippen molar-refractivity contribution in [1.29, 1.82) is 0 Å². The summed E-state index contributed by atoms with van der Waals surface area (Å²) in [5, 5.41) is 9.04. The molecule has 3 heterocycles. The summed E-state index contributed by atoms with van der Waals surface area (Å²) in [6.07, 6.45) is 3.61. The normalized spacial score (nSPS) is 11.0. The zero-order valence-corrected chi connectivity index (χ0v) is 13.9. The minimum Gasteiger partial charge on any atom is -0.302 e. The molecule has 0 amide bonds. The van der Waals surface area contributed by atoms with E-state index in [-0.39, 0.29) is 5.56 Å². The van der Waals surface area contributed by atoms with Crippen molar-refractivity contribution in [3.63, 3.8) is 0 Å². The second kappa shape index (κ2) is 6.37. The van der Waals surface area contributed by atoms with Gasteiger partial charge in [-0.05, 0) is 25.5 Å². The molecule has 7 heteroatoms. The lowest BCUT2D eigenvalue weighted by atomic mass is 10.3. The van der Waals surface area contributed by atoms with E-state index in [4.69, 9.17) is 0 Å². The van der Waals surface area contributed by atoms with Gasteiger partial charge in [0.15, 0.2) is 5.16 Å². The van der Waals surface area contributed by atoms with Gasteiger partial charge in [0.1, 0.15) is 11.5 Å². The van der Waals surface area contributed by atoms with Crippen molar-refractivity contribution in [2.24, 2.45) is 0 Å². The highest BCUT2D eigenvalue weighted by molar-refractivity contribution is 7.98. The number of aromatic nitrogens is 5.